The Morgan fingerprint density at radius 2 is 1.89 bits per heavy atom. The van der Waals surface area contributed by atoms with E-state index in [-0.39, 0.29) is 16.1 Å². The molecule has 4 rings (SSSR count). The van der Waals surface area contributed by atoms with Gasteiger partial charge in [-0.05, 0) is 87.5 Å². The first-order chi connectivity index (χ1) is 12.7. The predicted molar refractivity (Wildman–Crippen MR) is 109 cm³/mol. The number of hydrogen-bond donors (Lipinski definition) is 2. The summed E-state index contributed by atoms with van der Waals surface area (Å²) < 4.78 is 12.7. The maximum absolute atomic E-state index is 12.7. The molecule has 0 heterocycles. The van der Waals surface area contributed by atoms with Crippen molar-refractivity contribution in [1.29, 1.82) is 0 Å². The van der Waals surface area contributed by atoms with E-state index >= 15 is 0 Å². The first-order valence-electron chi connectivity index (χ1n) is 11.1. The second-order valence-corrected chi connectivity index (χ2v) is 12.2. The molecule has 4 nitrogen and oxygen atoms in total. The molecule has 27 heavy (non-hydrogen) atoms. The average molecular weight is 396 g/mol. The summed E-state index contributed by atoms with van der Waals surface area (Å²) in [5, 5.41) is 11.9. The first-order valence-corrected chi connectivity index (χ1v) is 12.5. The lowest BCUT2D eigenvalue weighted by Gasteiger charge is -2.63. The van der Waals surface area contributed by atoms with Gasteiger partial charge >= 0.3 is 0 Å². The van der Waals surface area contributed by atoms with Crippen LogP contribution in [0.1, 0.15) is 78.1 Å². The fourth-order valence-electron chi connectivity index (χ4n) is 7.60. The molecule has 154 valence electrons. The van der Waals surface area contributed by atoms with E-state index in [4.69, 9.17) is 5.73 Å². The van der Waals surface area contributed by atoms with Gasteiger partial charge in [0.1, 0.15) is 5.78 Å². The summed E-state index contributed by atoms with van der Waals surface area (Å²) in [6, 6.07) is 0. The summed E-state index contributed by atoms with van der Waals surface area (Å²) in [5.41, 5.74) is 4.71. The number of fused-ring (bicyclic) bond motifs is 5. The highest BCUT2D eigenvalue weighted by molar-refractivity contribution is 7.85. The topological polar surface area (TPSA) is 80.4 Å². The van der Waals surface area contributed by atoms with Gasteiger partial charge in [-0.3, -0.25) is 9.00 Å². The number of rotatable bonds is 4. The molecule has 0 aromatic rings. The molecule has 0 aromatic heterocycles. The van der Waals surface area contributed by atoms with Gasteiger partial charge in [0.05, 0.1) is 5.60 Å². The molecule has 0 spiro atoms. The molecule has 4 saturated carbocycles. The molecule has 4 fully saturated rings. The van der Waals surface area contributed by atoms with Crippen LogP contribution in [0.3, 0.4) is 0 Å². The third-order valence-electron chi connectivity index (χ3n) is 9.39. The van der Waals surface area contributed by atoms with E-state index in [9.17, 15) is 14.1 Å². The van der Waals surface area contributed by atoms with Crippen LogP contribution in [-0.2, 0) is 15.6 Å². The summed E-state index contributed by atoms with van der Waals surface area (Å²) in [7, 11) is -0.876. The standard InChI is InChI=1S/C22H37NO3S/c1-20-9-8-18-16(17(20)4-5-19(20)24)7-11-22(25)14-15(6-10-21(18,22)2)27(26)13-3-12-23/h15-18,25H,3-14,23H2,1-2H3/t15?,16-,17-,18+,20-,21+,22?,27?/m0/s1. The Morgan fingerprint density at radius 1 is 1.11 bits per heavy atom. The van der Waals surface area contributed by atoms with Crippen LogP contribution in [-0.4, -0.2) is 38.2 Å². The largest absolute Gasteiger partial charge is 0.389 e. The predicted octanol–water partition coefficient (Wildman–Crippen LogP) is 3.18. The van der Waals surface area contributed by atoms with E-state index in [2.05, 4.69) is 13.8 Å². The Balaban J connectivity index is 1.55. The average Bonchev–Trinajstić information content (AvgIpc) is 2.95. The van der Waals surface area contributed by atoms with Gasteiger partial charge < -0.3 is 10.8 Å². The highest BCUT2D eigenvalue weighted by Gasteiger charge is 2.64. The smallest absolute Gasteiger partial charge is 0.139 e. The van der Waals surface area contributed by atoms with Gasteiger partial charge in [0.15, 0.2) is 0 Å². The Morgan fingerprint density at radius 3 is 2.63 bits per heavy atom. The van der Waals surface area contributed by atoms with Gasteiger partial charge in [-0.1, -0.05) is 13.8 Å². The third-order valence-corrected chi connectivity index (χ3v) is 11.2. The SMILES string of the molecule is C[C@]12CC[C@@H]3[C@@H](CCC4(O)CC(S(=O)CCCN)CC[C@]34C)[C@@H]1CCC2=O. The minimum Gasteiger partial charge on any atom is -0.389 e. The maximum Gasteiger partial charge on any atom is 0.139 e. The molecule has 0 aliphatic heterocycles. The molecule has 0 bridgehead atoms. The molecule has 8 atom stereocenters. The quantitative estimate of drug-likeness (QED) is 0.766. The number of nitrogens with two attached hydrogens (primary N) is 1. The van der Waals surface area contributed by atoms with Crippen molar-refractivity contribution in [1.82, 2.24) is 0 Å². The minimum absolute atomic E-state index is 0.0859. The molecule has 0 amide bonds. The monoisotopic (exact) mass is 395 g/mol. The van der Waals surface area contributed by atoms with Gasteiger partial charge in [0.2, 0.25) is 0 Å². The summed E-state index contributed by atoms with van der Waals surface area (Å²) in [5.74, 6) is 2.76. The van der Waals surface area contributed by atoms with Gasteiger partial charge in [0.25, 0.3) is 0 Å². The maximum atomic E-state index is 12.7. The molecule has 0 radical (unpaired) electrons. The Kier molecular flexibility index (Phi) is 5.13. The summed E-state index contributed by atoms with van der Waals surface area (Å²) in [4.78, 5) is 12.5. The zero-order chi connectivity index (χ0) is 19.4. The lowest BCUT2D eigenvalue weighted by atomic mass is 9.44. The fraction of sp³-hybridized carbons (Fsp3) is 0.955. The number of Topliss-reactive ketones (excluding diaryl/α,β-unsaturated/α-hetero) is 1. The van der Waals surface area contributed by atoms with Crippen LogP contribution < -0.4 is 5.73 Å². The van der Waals surface area contributed by atoms with Crippen molar-refractivity contribution in [3.63, 3.8) is 0 Å². The first kappa shape index (κ1) is 20.0. The van der Waals surface area contributed by atoms with Crippen LogP contribution in [0.15, 0.2) is 0 Å². The molecule has 4 aliphatic carbocycles. The molecule has 0 saturated heterocycles. The van der Waals surface area contributed by atoms with Crippen molar-refractivity contribution in [3.05, 3.63) is 0 Å². The summed E-state index contributed by atoms with van der Waals surface area (Å²) in [6.07, 6.45) is 9.15. The number of aliphatic hydroxyl groups is 1. The molecule has 5 heteroatoms. The summed E-state index contributed by atoms with van der Waals surface area (Å²) in [6.45, 7) is 5.11. The minimum atomic E-state index is -0.876. The van der Waals surface area contributed by atoms with Crippen LogP contribution >= 0.6 is 0 Å². The number of hydrogen-bond acceptors (Lipinski definition) is 4. The number of carbonyl (C=O) groups is 1. The molecule has 4 aliphatic rings. The van der Waals surface area contributed by atoms with Gasteiger partial charge in [-0.15, -0.1) is 0 Å². The Labute approximate surface area is 166 Å². The van der Waals surface area contributed by atoms with E-state index in [1.807, 2.05) is 0 Å². The normalized spacial score (nSPS) is 50.6. The molecular weight excluding hydrogens is 358 g/mol. The van der Waals surface area contributed by atoms with Crippen molar-refractivity contribution in [2.24, 2.45) is 34.3 Å². The zero-order valence-corrected chi connectivity index (χ0v) is 17.9. The lowest BCUT2D eigenvalue weighted by molar-refractivity contribution is -0.201. The van der Waals surface area contributed by atoms with E-state index in [1.165, 1.54) is 0 Å². The van der Waals surface area contributed by atoms with Crippen molar-refractivity contribution in [3.8, 4) is 0 Å². The molecular formula is C22H37NO3S. The third kappa shape index (κ3) is 2.90. The van der Waals surface area contributed by atoms with E-state index in [0.717, 1.165) is 57.8 Å². The van der Waals surface area contributed by atoms with Crippen LogP contribution in [0.5, 0.6) is 0 Å². The Hall–Kier alpha value is -0.260. The van der Waals surface area contributed by atoms with Crippen molar-refractivity contribution < 1.29 is 14.1 Å². The Bertz CT molecular complexity index is 639. The second-order valence-electron chi connectivity index (χ2n) is 10.4. The van der Waals surface area contributed by atoms with Crippen molar-refractivity contribution in [2.75, 3.05) is 12.3 Å². The van der Waals surface area contributed by atoms with Crippen LogP contribution in [0, 0.1) is 28.6 Å². The summed E-state index contributed by atoms with van der Waals surface area (Å²) >= 11 is 0. The zero-order valence-electron chi connectivity index (χ0n) is 17.0. The van der Waals surface area contributed by atoms with Crippen LogP contribution in [0.4, 0.5) is 0 Å². The number of ketones is 1. The molecule has 3 N–H and O–H groups in total. The van der Waals surface area contributed by atoms with Crippen molar-refractivity contribution >= 4 is 16.6 Å². The van der Waals surface area contributed by atoms with E-state index < -0.39 is 16.4 Å². The highest BCUT2D eigenvalue weighted by atomic mass is 32.2. The van der Waals surface area contributed by atoms with E-state index in [1.54, 1.807) is 0 Å². The van der Waals surface area contributed by atoms with Gasteiger partial charge in [0, 0.05) is 33.6 Å². The van der Waals surface area contributed by atoms with Crippen LogP contribution in [0.25, 0.3) is 0 Å². The highest BCUT2D eigenvalue weighted by Crippen LogP contribution is 2.66. The van der Waals surface area contributed by atoms with Crippen molar-refractivity contribution in [2.45, 2.75) is 88.9 Å². The second kappa shape index (κ2) is 6.91. The number of carbonyl (C=O) groups excluding carboxylic acids is 1. The van der Waals surface area contributed by atoms with E-state index in [0.29, 0.717) is 42.3 Å². The van der Waals surface area contributed by atoms with Gasteiger partial charge in [-0.25, -0.2) is 0 Å². The lowest BCUT2D eigenvalue weighted by Crippen LogP contribution is -2.63. The fourth-order valence-corrected chi connectivity index (χ4v) is 9.22. The van der Waals surface area contributed by atoms with Crippen LogP contribution in [0.2, 0.25) is 0 Å². The van der Waals surface area contributed by atoms with Gasteiger partial charge in [-0.2, -0.15) is 0 Å². The molecule has 0 aromatic carbocycles. The molecule has 3 unspecified atom stereocenters.